The fourth-order valence-electron chi connectivity index (χ4n) is 1.75. The summed E-state index contributed by atoms with van der Waals surface area (Å²) < 4.78 is 0.970. The third-order valence-electron chi connectivity index (χ3n) is 3.20. The molecule has 0 saturated carbocycles. The van der Waals surface area contributed by atoms with Crippen LogP contribution in [0.1, 0.15) is 25.8 Å². The Morgan fingerprint density at radius 1 is 1.33 bits per heavy atom. The Hall–Kier alpha value is -1.40. The van der Waals surface area contributed by atoms with Crippen LogP contribution in [0.4, 0.5) is 0 Å². The lowest BCUT2D eigenvalue weighted by Gasteiger charge is -2.22. The van der Waals surface area contributed by atoms with Crippen LogP contribution in [-0.4, -0.2) is 35.8 Å². The van der Waals surface area contributed by atoms with Gasteiger partial charge in [-0.05, 0) is 31.0 Å². The molecule has 1 atom stereocenters. The minimum absolute atomic E-state index is 0.0723. The molecule has 0 aromatic heterocycles. The molecule has 0 aliphatic carbocycles. The molecule has 0 heterocycles. The number of hydrogen-bond acceptors (Lipinski definition) is 3. The van der Waals surface area contributed by atoms with E-state index in [0.717, 1.165) is 16.5 Å². The summed E-state index contributed by atoms with van der Waals surface area (Å²) in [5.74, 6) is -0.638. The van der Waals surface area contributed by atoms with Crippen LogP contribution in [0.2, 0.25) is 0 Å². The molecule has 1 unspecified atom stereocenters. The molecule has 1 aromatic carbocycles. The Balaban J connectivity index is 2.68. The van der Waals surface area contributed by atoms with Gasteiger partial charge in [0.05, 0.1) is 13.1 Å². The molecule has 0 saturated heterocycles. The summed E-state index contributed by atoms with van der Waals surface area (Å²) in [6.45, 7) is 4.57. The SMILES string of the molecule is CCC(C)NCC(=O)N(CC(N)=O)Cc1ccc(Br)cc1. The Morgan fingerprint density at radius 2 is 1.95 bits per heavy atom. The Morgan fingerprint density at radius 3 is 2.48 bits per heavy atom. The predicted molar refractivity (Wildman–Crippen MR) is 86.5 cm³/mol. The van der Waals surface area contributed by atoms with Crippen LogP contribution in [0.3, 0.4) is 0 Å². The van der Waals surface area contributed by atoms with Gasteiger partial charge in [0.15, 0.2) is 0 Å². The van der Waals surface area contributed by atoms with E-state index in [1.54, 1.807) is 0 Å². The van der Waals surface area contributed by atoms with Crippen molar-refractivity contribution in [2.24, 2.45) is 5.73 Å². The van der Waals surface area contributed by atoms with Crippen LogP contribution < -0.4 is 11.1 Å². The number of nitrogens with two attached hydrogens (primary N) is 1. The molecule has 21 heavy (non-hydrogen) atoms. The minimum atomic E-state index is -0.510. The van der Waals surface area contributed by atoms with E-state index in [9.17, 15) is 9.59 Å². The van der Waals surface area contributed by atoms with Gasteiger partial charge in [-0.3, -0.25) is 9.59 Å². The first kappa shape index (κ1) is 17.7. The Labute approximate surface area is 134 Å². The number of nitrogens with one attached hydrogen (secondary N) is 1. The minimum Gasteiger partial charge on any atom is -0.368 e. The molecule has 3 N–H and O–H groups in total. The van der Waals surface area contributed by atoms with Crippen molar-refractivity contribution in [2.45, 2.75) is 32.9 Å². The Kier molecular flexibility index (Phi) is 7.39. The van der Waals surface area contributed by atoms with Crippen molar-refractivity contribution in [3.8, 4) is 0 Å². The van der Waals surface area contributed by atoms with Crippen molar-refractivity contribution < 1.29 is 9.59 Å². The lowest BCUT2D eigenvalue weighted by atomic mass is 10.2. The molecular weight excluding hydrogens is 334 g/mol. The number of rotatable bonds is 8. The molecule has 2 amide bonds. The smallest absolute Gasteiger partial charge is 0.237 e. The second kappa shape index (κ2) is 8.79. The molecule has 0 fully saturated rings. The van der Waals surface area contributed by atoms with E-state index in [-0.39, 0.29) is 25.0 Å². The molecule has 0 bridgehead atoms. The molecule has 116 valence electrons. The fraction of sp³-hybridized carbons (Fsp3) is 0.467. The van der Waals surface area contributed by atoms with Gasteiger partial charge in [0.1, 0.15) is 0 Å². The summed E-state index contributed by atoms with van der Waals surface area (Å²) in [5, 5.41) is 3.13. The molecule has 0 aliphatic heterocycles. The summed E-state index contributed by atoms with van der Waals surface area (Å²) in [5.41, 5.74) is 6.19. The van der Waals surface area contributed by atoms with Crippen molar-refractivity contribution in [3.05, 3.63) is 34.3 Å². The largest absolute Gasteiger partial charge is 0.368 e. The second-order valence-electron chi connectivity index (χ2n) is 5.03. The highest BCUT2D eigenvalue weighted by Gasteiger charge is 2.16. The normalized spacial score (nSPS) is 12.0. The van der Waals surface area contributed by atoms with Gasteiger partial charge in [-0.1, -0.05) is 35.0 Å². The van der Waals surface area contributed by atoms with Crippen molar-refractivity contribution >= 4 is 27.7 Å². The molecule has 1 aromatic rings. The summed E-state index contributed by atoms with van der Waals surface area (Å²) in [6, 6.07) is 7.89. The van der Waals surface area contributed by atoms with E-state index >= 15 is 0 Å². The monoisotopic (exact) mass is 355 g/mol. The standard InChI is InChI=1S/C15H22BrN3O2/c1-3-11(2)18-8-15(21)19(10-14(17)20)9-12-4-6-13(16)7-5-12/h4-7,11,18H,3,8-10H2,1-2H3,(H2,17,20). The van der Waals surface area contributed by atoms with Gasteiger partial charge in [-0.25, -0.2) is 0 Å². The molecule has 1 rings (SSSR count). The van der Waals surface area contributed by atoms with Gasteiger partial charge in [-0.15, -0.1) is 0 Å². The van der Waals surface area contributed by atoms with Gasteiger partial charge in [0, 0.05) is 17.1 Å². The zero-order chi connectivity index (χ0) is 15.8. The van der Waals surface area contributed by atoms with Crippen LogP contribution in [0.25, 0.3) is 0 Å². The first-order valence-corrected chi connectivity index (χ1v) is 7.75. The quantitative estimate of drug-likeness (QED) is 0.744. The highest BCUT2D eigenvalue weighted by Crippen LogP contribution is 2.12. The zero-order valence-electron chi connectivity index (χ0n) is 12.4. The van der Waals surface area contributed by atoms with Gasteiger partial charge < -0.3 is 16.0 Å². The van der Waals surface area contributed by atoms with E-state index < -0.39 is 5.91 Å². The molecule has 0 spiro atoms. The third-order valence-corrected chi connectivity index (χ3v) is 3.73. The van der Waals surface area contributed by atoms with Gasteiger partial charge in [0.25, 0.3) is 0 Å². The lowest BCUT2D eigenvalue weighted by Crippen LogP contribution is -2.44. The molecule has 0 radical (unpaired) electrons. The number of carbonyl (C=O) groups is 2. The first-order valence-electron chi connectivity index (χ1n) is 6.96. The maximum atomic E-state index is 12.2. The topological polar surface area (TPSA) is 75.4 Å². The fourth-order valence-corrected chi connectivity index (χ4v) is 2.01. The van der Waals surface area contributed by atoms with Crippen LogP contribution in [-0.2, 0) is 16.1 Å². The number of hydrogen-bond donors (Lipinski definition) is 2. The number of amides is 2. The highest BCUT2D eigenvalue weighted by molar-refractivity contribution is 9.10. The van der Waals surface area contributed by atoms with E-state index in [2.05, 4.69) is 21.2 Å². The average molecular weight is 356 g/mol. The van der Waals surface area contributed by atoms with Crippen LogP contribution in [0.15, 0.2) is 28.7 Å². The van der Waals surface area contributed by atoms with E-state index in [4.69, 9.17) is 5.73 Å². The van der Waals surface area contributed by atoms with Crippen LogP contribution >= 0.6 is 15.9 Å². The first-order chi connectivity index (χ1) is 9.92. The number of primary amides is 1. The molecule has 6 heteroatoms. The molecule has 0 aliphatic rings. The van der Waals surface area contributed by atoms with E-state index in [1.807, 2.05) is 38.1 Å². The van der Waals surface area contributed by atoms with Crippen LogP contribution in [0, 0.1) is 0 Å². The third kappa shape index (κ3) is 6.73. The van der Waals surface area contributed by atoms with Crippen molar-refractivity contribution in [2.75, 3.05) is 13.1 Å². The summed E-state index contributed by atoms with van der Waals surface area (Å²) in [7, 11) is 0. The number of benzene rings is 1. The van der Waals surface area contributed by atoms with Crippen molar-refractivity contribution in [1.29, 1.82) is 0 Å². The lowest BCUT2D eigenvalue weighted by molar-refractivity contribution is -0.135. The summed E-state index contributed by atoms with van der Waals surface area (Å²) in [4.78, 5) is 24.8. The number of carbonyl (C=O) groups excluding carboxylic acids is 2. The van der Waals surface area contributed by atoms with Gasteiger partial charge in [-0.2, -0.15) is 0 Å². The van der Waals surface area contributed by atoms with Gasteiger partial charge >= 0.3 is 0 Å². The number of nitrogens with zero attached hydrogens (tertiary/aromatic N) is 1. The average Bonchev–Trinajstić information content (AvgIpc) is 2.45. The number of halogens is 1. The van der Waals surface area contributed by atoms with E-state index in [0.29, 0.717) is 6.54 Å². The summed E-state index contributed by atoms with van der Waals surface area (Å²) in [6.07, 6.45) is 0.940. The van der Waals surface area contributed by atoms with E-state index in [1.165, 1.54) is 4.90 Å². The van der Waals surface area contributed by atoms with Crippen molar-refractivity contribution in [3.63, 3.8) is 0 Å². The van der Waals surface area contributed by atoms with Crippen molar-refractivity contribution in [1.82, 2.24) is 10.2 Å². The van der Waals surface area contributed by atoms with Crippen LogP contribution in [0.5, 0.6) is 0 Å². The van der Waals surface area contributed by atoms with Gasteiger partial charge in [0.2, 0.25) is 11.8 Å². The maximum absolute atomic E-state index is 12.2. The molecular formula is C15H22BrN3O2. The zero-order valence-corrected chi connectivity index (χ0v) is 14.0. The predicted octanol–water partition coefficient (Wildman–Crippen LogP) is 1.65. The Bertz CT molecular complexity index is 476. The highest BCUT2D eigenvalue weighted by atomic mass is 79.9. The maximum Gasteiger partial charge on any atom is 0.237 e. The summed E-state index contributed by atoms with van der Waals surface area (Å²) >= 11 is 3.36. The second-order valence-corrected chi connectivity index (χ2v) is 5.95. The molecule has 5 nitrogen and oxygen atoms in total.